The SMILES string of the molecule is [TeH2].c1ccc(Pc2ccccc2)cc1. The van der Waals surface area contributed by atoms with Crippen molar-refractivity contribution >= 4 is 42.9 Å². The van der Waals surface area contributed by atoms with Gasteiger partial charge in [-0.2, -0.15) is 0 Å². The van der Waals surface area contributed by atoms with E-state index in [1.165, 1.54) is 10.6 Å². The maximum atomic E-state index is 2.17. The van der Waals surface area contributed by atoms with Gasteiger partial charge in [0.15, 0.2) is 0 Å². The van der Waals surface area contributed by atoms with Crippen LogP contribution in [0, 0.1) is 0 Å². The first-order chi connectivity index (χ1) is 6.45. The molecular weight excluding hydrogens is 303 g/mol. The zero-order chi connectivity index (χ0) is 8.93. The molecule has 0 radical (unpaired) electrons. The van der Waals surface area contributed by atoms with Crippen LogP contribution < -0.4 is 10.6 Å². The number of hydrogen-bond acceptors (Lipinski definition) is 0. The topological polar surface area (TPSA) is 0 Å². The van der Waals surface area contributed by atoms with Crippen molar-refractivity contribution < 1.29 is 0 Å². The van der Waals surface area contributed by atoms with Crippen molar-refractivity contribution in [2.24, 2.45) is 0 Å². The van der Waals surface area contributed by atoms with Crippen LogP contribution in [0.1, 0.15) is 0 Å². The second-order valence-electron chi connectivity index (χ2n) is 2.86. The molecule has 2 heteroatoms. The summed E-state index contributed by atoms with van der Waals surface area (Å²) < 4.78 is 0. The minimum atomic E-state index is 0. The van der Waals surface area contributed by atoms with Gasteiger partial charge in [-0.3, -0.25) is 0 Å². The first kappa shape index (κ1) is 11.7. The van der Waals surface area contributed by atoms with Crippen molar-refractivity contribution in [2.75, 3.05) is 0 Å². The minimum absolute atomic E-state index is 0. The molecule has 2 rings (SSSR count). The quantitative estimate of drug-likeness (QED) is 0.580. The predicted molar refractivity (Wildman–Crippen MR) is 69.0 cm³/mol. The Bertz CT molecular complexity index is 321. The van der Waals surface area contributed by atoms with Gasteiger partial charge in [-0.05, 0) is 10.6 Å². The summed E-state index contributed by atoms with van der Waals surface area (Å²) in [5.74, 6) is 0. The summed E-state index contributed by atoms with van der Waals surface area (Å²) in [7, 11) is 0.777. The molecule has 0 aliphatic heterocycles. The fourth-order valence-corrected chi connectivity index (χ4v) is 2.26. The summed E-state index contributed by atoms with van der Waals surface area (Å²) in [6.07, 6.45) is 0. The van der Waals surface area contributed by atoms with Crippen molar-refractivity contribution in [1.82, 2.24) is 0 Å². The molecule has 2 aromatic carbocycles. The Morgan fingerprint density at radius 2 is 0.929 bits per heavy atom. The van der Waals surface area contributed by atoms with Crippen molar-refractivity contribution in [3.8, 4) is 0 Å². The summed E-state index contributed by atoms with van der Waals surface area (Å²) >= 11 is 0. The van der Waals surface area contributed by atoms with Crippen LogP contribution in [-0.4, -0.2) is 23.7 Å². The van der Waals surface area contributed by atoms with Gasteiger partial charge in [-0.25, -0.2) is 0 Å². The van der Waals surface area contributed by atoms with E-state index >= 15 is 0 Å². The average Bonchev–Trinajstić information content (AvgIpc) is 2.21. The Balaban J connectivity index is 0.000000980. The van der Waals surface area contributed by atoms with Crippen LogP contribution >= 0.6 is 8.58 Å². The number of hydrogen-bond donors (Lipinski definition) is 0. The molecule has 14 heavy (non-hydrogen) atoms. The molecule has 2 aromatic rings. The van der Waals surface area contributed by atoms with Gasteiger partial charge >= 0.3 is 23.7 Å². The molecule has 0 nitrogen and oxygen atoms in total. The summed E-state index contributed by atoms with van der Waals surface area (Å²) in [5, 5.41) is 2.79. The summed E-state index contributed by atoms with van der Waals surface area (Å²) in [4.78, 5) is 0. The molecule has 0 aliphatic carbocycles. The zero-order valence-corrected chi connectivity index (χ0v) is 11.6. The Morgan fingerprint density at radius 3 is 1.29 bits per heavy atom. The maximum Gasteiger partial charge on any atom is -0.0226 e. The van der Waals surface area contributed by atoms with Crippen molar-refractivity contribution in [1.29, 1.82) is 0 Å². The molecule has 0 heterocycles. The smallest absolute Gasteiger partial charge is 0.0226 e. The van der Waals surface area contributed by atoms with Gasteiger partial charge in [0, 0.05) is 0 Å². The number of benzene rings is 2. The fourth-order valence-electron chi connectivity index (χ4n) is 1.21. The van der Waals surface area contributed by atoms with E-state index in [0.717, 1.165) is 8.58 Å². The average molecular weight is 316 g/mol. The first-order valence-corrected chi connectivity index (χ1v) is 5.32. The number of rotatable bonds is 2. The predicted octanol–water partition coefficient (Wildman–Crippen LogP) is 1.40. The van der Waals surface area contributed by atoms with E-state index in [-0.39, 0.29) is 23.7 Å². The third kappa shape index (κ3) is 3.43. The molecule has 0 amide bonds. The van der Waals surface area contributed by atoms with Gasteiger partial charge in [-0.1, -0.05) is 69.2 Å². The largest absolute Gasteiger partial charge is 0.0622 e. The van der Waals surface area contributed by atoms with E-state index in [1.807, 2.05) is 0 Å². The summed E-state index contributed by atoms with van der Waals surface area (Å²) in [5.41, 5.74) is 0. The van der Waals surface area contributed by atoms with Gasteiger partial charge in [-0.15, -0.1) is 0 Å². The molecular formula is C12H13PTe. The standard InChI is InChI=1S/C12H11P.H2Te/c1-3-7-11(8-4-1)13-12-9-5-2-6-10-12;/h1-10,13H;1H2. The van der Waals surface area contributed by atoms with Gasteiger partial charge in [0.25, 0.3) is 0 Å². The first-order valence-electron chi connectivity index (χ1n) is 4.32. The molecule has 0 unspecified atom stereocenters. The Hall–Kier alpha value is -0.340. The minimum Gasteiger partial charge on any atom is -0.0622 e. The Labute approximate surface area is 103 Å². The molecule has 0 aromatic heterocycles. The van der Waals surface area contributed by atoms with Gasteiger partial charge in [0.05, 0.1) is 0 Å². The van der Waals surface area contributed by atoms with Crippen LogP contribution in [-0.2, 0) is 0 Å². The van der Waals surface area contributed by atoms with Crippen molar-refractivity contribution in [3.63, 3.8) is 0 Å². The van der Waals surface area contributed by atoms with Crippen molar-refractivity contribution in [3.05, 3.63) is 60.7 Å². The monoisotopic (exact) mass is 318 g/mol. The molecule has 0 spiro atoms. The Kier molecular flexibility index (Phi) is 5.20. The van der Waals surface area contributed by atoms with Crippen LogP contribution in [0.5, 0.6) is 0 Å². The molecule has 0 bridgehead atoms. The van der Waals surface area contributed by atoms with Crippen LogP contribution in [0.15, 0.2) is 60.7 Å². The fraction of sp³-hybridized carbons (Fsp3) is 0. The van der Waals surface area contributed by atoms with E-state index in [1.54, 1.807) is 0 Å². The van der Waals surface area contributed by atoms with Gasteiger partial charge < -0.3 is 0 Å². The molecule has 0 saturated carbocycles. The molecule has 0 atom stereocenters. The second-order valence-corrected chi connectivity index (χ2v) is 4.26. The van der Waals surface area contributed by atoms with Crippen molar-refractivity contribution in [2.45, 2.75) is 0 Å². The van der Waals surface area contributed by atoms with Crippen LogP contribution in [0.4, 0.5) is 0 Å². The van der Waals surface area contributed by atoms with E-state index < -0.39 is 0 Å². The maximum absolute atomic E-state index is 2.17. The summed E-state index contributed by atoms with van der Waals surface area (Å²) in [6, 6.07) is 21.2. The van der Waals surface area contributed by atoms with E-state index in [9.17, 15) is 0 Å². The van der Waals surface area contributed by atoms with Gasteiger partial charge in [0.2, 0.25) is 0 Å². The normalized spacial score (nSPS) is 9.14. The molecule has 0 N–H and O–H groups in total. The zero-order valence-electron chi connectivity index (χ0n) is 7.77. The third-order valence-electron chi connectivity index (χ3n) is 1.84. The molecule has 72 valence electrons. The second kappa shape index (κ2) is 6.20. The van der Waals surface area contributed by atoms with E-state index in [2.05, 4.69) is 60.7 Å². The van der Waals surface area contributed by atoms with E-state index in [0.29, 0.717) is 0 Å². The molecule has 0 saturated heterocycles. The third-order valence-corrected chi connectivity index (χ3v) is 3.08. The van der Waals surface area contributed by atoms with Gasteiger partial charge in [0.1, 0.15) is 0 Å². The van der Waals surface area contributed by atoms with Crippen LogP contribution in [0.25, 0.3) is 0 Å². The molecule has 0 aliphatic rings. The summed E-state index contributed by atoms with van der Waals surface area (Å²) in [6.45, 7) is 0. The van der Waals surface area contributed by atoms with E-state index in [4.69, 9.17) is 0 Å². The van der Waals surface area contributed by atoms with Crippen LogP contribution in [0.2, 0.25) is 0 Å². The Morgan fingerprint density at radius 1 is 0.571 bits per heavy atom. The van der Waals surface area contributed by atoms with Crippen LogP contribution in [0.3, 0.4) is 0 Å². The molecule has 0 fully saturated rings.